The first kappa shape index (κ1) is 49.5. The van der Waals surface area contributed by atoms with Crippen molar-refractivity contribution in [3.8, 4) is 22.9 Å². The van der Waals surface area contributed by atoms with Gasteiger partial charge in [0, 0.05) is 67.9 Å². The fourth-order valence-electron chi connectivity index (χ4n) is 9.71. The second-order valence-electron chi connectivity index (χ2n) is 20.2. The van der Waals surface area contributed by atoms with E-state index in [1.165, 1.54) is 27.2 Å². The number of fused-ring (bicyclic) bond motifs is 2. The molecule has 0 radical (unpaired) electrons. The minimum Gasteiger partial charge on any atom is -0.491 e. The van der Waals surface area contributed by atoms with Gasteiger partial charge in [-0.25, -0.2) is 19.6 Å². The standard InChI is InChI=1S/C47H60ClF3N8O8S/c1-7-28-21-46(28,42(62)63)56-40(60)34-19-30(22-59(34)41(61)39(45(4,5)6)55-44(64)67-29-17-26-16-27(26)18-29)66-36-20-32(33-23-68-43(54-33)52-25(2)3)53-38-31(36)8-9-35(37(38)48)65-15-14-57-10-12-58(13-11-57)24-47(49,50)51/h7-9,20,23,25-30,34,39H,1,10-19,21-22,24H2,2-6H3,(H,52,54)(H,55,64)(H,56,60)(H,62,63)/t26-,27+,28-,29?,30?,34+,39-,46?/m1/s1. The van der Waals surface area contributed by atoms with Crippen molar-refractivity contribution in [2.45, 2.75) is 109 Å². The van der Waals surface area contributed by atoms with Crippen molar-refractivity contribution in [2.24, 2.45) is 23.2 Å². The number of pyridine rings is 1. The predicted octanol–water partition coefficient (Wildman–Crippen LogP) is 6.82. The zero-order valence-corrected chi connectivity index (χ0v) is 40.4. The number of piperazine rings is 1. The fourth-order valence-corrected chi connectivity index (χ4v) is 10.8. The van der Waals surface area contributed by atoms with Crippen molar-refractivity contribution in [3.05, 3.63) is 41.3 Å². The van der Waals surface area contributed by atoms with E-state index >= 15 is 0 Å². The molecule has 1 aromatic carbocycles. The fraction of sp³-hybridized carbons (Fsp3) is 0.617. The number of carboxylic acids is 1. The number of alkyl halides is 3. The number of aliphatic carboxylic acids is 1. The second kappa shape index (κ2) is 19.5. The Morgan fingerprint density at radius 1 is 1.00 bits per heavy atom. The zero-order chi connectivity index (χ0) is 48.9. The molecular formula is C47H60ClF3N8O8S. The van der Waals surface area contributed by atoms with Gasteiger partial charge in [0.25, 0.3) is 0 Å². The van der Waals surface area contributed by atoms with Crippen LogP contribution in [0.15, 0.2) is 36.2 Å². The van der Waals surface area contributed by atoms with Gasteiger partial charge in [0.05, 0.1) is 24.3 Å². The highest BCUT2D eigenvalue weighted by molar-refractivity contribution is 7.14. The van der Waals surface area contributed by atoms with Gasteiger partial charge in [-0.3, -0.25) is 19.4 Å². The minimum atomic E-state index is -4.25. The minimum absolute atomic E-state index is 0.0319. The average molecular weight is 990 g/mol. The number of carbonyl (C=O) groups is 4. The number of carboxylic acid groups (broad SMARTS) is 1. The van der Waals surface area contributed by atoms with Crippen LogP contribution in [0.3, 0.4) is 0 Å². The van der Waals surface area contributed by atoms with Crippen LogP contribution < -0.4 is 25.4 Å². The molecule has 4 heterocycles. The molecule has 370 valence electrons. The van der Waals surface area contributed by atoms with Crippen LogP contribution in [0.5, 0.6) is 11.5 Å². The third kappa shape index (κ3) is 11.2. The van der Waals surface area contributed by atoms with Crippen LogP contribution >= 0.6 is 22.9 Å². The molecule has 3 unspecified atom stereocenters. The van der Waals surface area contributed by atoms with Crippen LogP contribution in [0.1, 0.15) is 66.7 Å². The normalized spacial score (nSPS) is 26.5. The van der Waals surface area contributed by atoms with Crippen LogP contribution in [0.2, 0.25) is 5.02 Å². The maximum absolute atomic E-state index is 14.8. The lowest BCUT2D eigenvalue weighted by molar-refractivity contribution is -0.149. The molecule has 2 saturated heterocycles. The van der Waals surface area contributed by atoms with Crippen molar-refractivity contribution in [3.63, 3.8) is 0 Å². The van der Waals surface area contributed by atoms with Crippen molar-refractivity contribution in [2.75, 3.05) is 57.7 Å². The van der Waals surface area contributed by atoms with Crippen molar-refractivity contribution in [1.82, 2.24) is 35.3 Å². The van der Waals surface area contributed by atoms with Gasteiger partial charge in [-0.2, -0.15) is 13.2 Å². The van der Waals surface area contributed by atoms with E-state index in [0.29, 0.717) is 70.4 Å². The molecule has 0 bridgehead atoms. The molecule has 3 aromatic rings. The molecule has 5 aliphatic rings. The summed E-state index contributed by atoms with van der Waals surface area (Å²) < 4.78 is 57.5. The number of likely N-dealkylation sites (tertiary alicyclic amines) is 1. The third-order valence-electron chi connectivity index (χ3n) is 13.6. The number of nitrogens with zero attached hydrogens (tertiary/aromatic N) is 5. The van der Waals surface area contributed by atoms with E-state index < -0.39 is 71.7 Å². The van der Waals surface area contributed by atoms with Gasteiger partial charge < -0.3 is 40.2 Å². The highest BCUT2D eigenvalue weighted by atomic mass is 35.5. The number of amides is 3. The first-order chi connectivity index (χ1) is 32.1. The summed E-state index contributed by atoms with van der Waals surface area (Å²) in [6, 6.07) is 2.93. The van der Waals surface area contributed by atoms with E-state index in [1.807, 2.05) is 24.1 Å². The summed E-state index contributed by atoms with van der Waals surface area (Å²) in [7, 11) is 0. The molecule has 0 spiro atoms. The highest BCUT2D eigenvalue weighted by Gasteiger charge is 2.61. The Morgan fingerprint density at radius 3 is 2.34 bits per heavy atom. The van der Waals surface area contributed by atoms with Crippen LogP contribution in [0.25, 0.3) is 22.3 Å². The number of hydrogen-bond acceptors (Lipinski definition) is 13. The van der Waals surface area contributed by atoms with Gasteiger partial charge in [-0.05, 0) is 68.9 Å². The van der Waals surface area contributed by atoms with E-state index in [1.54, 1.807) is 39.0 Å². The van der Waals surface area contributed by atoms with Gasteiger partial charge in [-0.15, -0.1) is 17.9 Å². The second-order valence-corrected chi connectivity index (χ2v) is 21.4. The van der Waals surface area contributed by atoms with Gasteiger partial charge in [0.1, 0.15) is 58.7 Å². The predicted molar refractivity (Wildman–Crippen MR) is 250 cm³/mol. The maximum Gasteiger partial charge on any atom is 0.408 e. The molecule has 16 nitrogen and oxygen atoms in total. The first-order valence-electron chi connectivity index (χ1n) is 23.2. The summed E-state index contributed by atoms with van der Waals surface area (Å²) in [5.41, 5.74) is -1.14. The van der Waals surface area contributed by atoms with E-state index in [-0.39, 0.29) is 56.3 Å². The SMILES string of the molecule is C=C[C@@H]1CC1(NC(=O)[C@@H]1CC(Oc2cc(-c3csc(NC(C)C)n3)nc3c(Cl)c(OCCN4CCN(CC(F)(F)F)CC4)ccc23)CN1C(=O)[C@@H](NC(=O)OC1C[C@@H]2C[C@@H]2C1)C(C)(C)C)C(=O)O. The van der Waals surface area contributed by atoms with Gasteiger partial charge in [0.15, 0.2) is 5.13 Å². The van der Waals surface area contributed by atoms with E-state index in [2.05, 4.69) is 22.5 Å². The molecular weight excluding hydrogens is 929 g/mol. The Morgan fingerprint density at radius 2 is 1.71 bits per heavy atom. The number of benzene rings is 1. The molecule has 5 fully saturated rings. The van der Waals surface area contributed by atoms with E-state index in [9.17, 15) is 37.5 Å². The third-order valence-corrected chi connectivity index (χ3v) is 14.7. The molecule has 21 heteroatoms. The van der Waals surface area contributed by atoms with Crippen molar-refractivity contribution < 1.29 is 51.7 Å². The topological polar surface area (TPSA) is 188 Å². The smallest absolute Gasteiger partial charge is 0.408 e. The summed E-state index contributed by atoms with van der Waals surface area (Å²) in [4.78, 5) is 69.5. The van der Waals surface area contributed by atoms with E-state index in [4.69, 9.17) is 35.8 Å². The lowest BCUT2D eigenvalue weighted by atomic mass is 9.85. The molecule has 8 atom stereocenters. The Hall–Kier alpha value is -4.92. The summed E-state index contributed by atoms with van der Waals surface area (Å²) in [6.07, 6.45) is -1.70. The summed E-state index contributed by atoms with van der Waals surface area (Å²) in [6.45, 7) is 14.2. The number of alkyl carbamates (subject to hydrolysis) is 1. The summed E-state index contributed by atoms with van der Waals surface area (Å²) in [5, 5.41) is 22.2. The number of hydrogen-bond donors (Lipinski definition) is 4. The Bertz CT molecular complexity index is 2400. The largest absolute Gasteiger partial charge is 0.491 e. The number of aromatic nitrogens is 2. The number of carbonyl (C=O) groups excluding carboxylic acids is 3. The van der Waals surface area contributed by atoms with E-state index in [0.717, 1.165) is 19.3 Å². The Kier molecular flexibility index (Phi) is 14.2. The number of ether oxygens (including phenoxy) is 3. The van der Waals surface area contributed by atoms with Gasteiger partial charge >= 0.3 is 18.2 Å². The molecule has 3 saturated carbocycles. The van der Waals surface area contributed by atoms with Crippen molar-refractivity contribution in [1.29, 1.82) is 0 Å². The molecule has 2 aliphatic heterocycles. The van der Waals surface area contributed by atoms with Crippen LogP contribution in [-0.4, -0.2) is 148 Å². The average Bonchev–Trinajstić information content (AvgIpc) is 3.93. The molecule has 3 aliphatic carbocycles. The zero-order valence-electron chi connectivity index (χ0n) is 38.9. The maximum atomic E-state index is 14.8. The number of halogens is 4. The molecule has 8 rings (SSSR count). The summed E-state index contributed by atoms with van der Waals surface area (Å²) in [5.74, 6) is -1.18. The lowest BCUT2D eigenvalue weighted by Crippen LogP contribution is -2.59. The molecule has 4 N–H and O–H groups in total. The molecule has 68 heavy (non-hydrogen) atoms. The quantitative estimate of drug-likeness (QED) is 0.103. The van der Waals surface area contributed by atoms with Crippen LogP contribution in [-0.2, 0) is 19.1 Å². The lowest BCUT2D eigenvalue weighted by Gasteiger charge is -2.35. The number of anilines is 1. The number of nitrogens with one attached hydrogen (secondary N) is 3. The van der Waals surface area contributed by atoms with Crippen LogP contribution in [0.4, 0.5) is 23.1 Å². The first-order valence-corrected chi connectivity index (χ1v) is 24.5. The number of rotatable bonds is 17. The Labute approximate surface area is 402 Å². The summed E-state index contributed by atoms with van der Waals surface area (Å²) >= 11 is 8.48. The van der Waals surface area contributed by atoms with Crippen LogP contribution in [0, 0.1) is 23.2 Å². The van der Waals surface area contributed by atoms with Gasteiger partial charge in [-0.1, -0.05) is 38.4 Å². The number of thiazole rings is 1. The molecule has 2 aromatic heterocycles. The molecule has 3 amide bonds. The van der Waals surface area contributed by atoms with Crippen molar-refractivity contribution >= 4 is 62.8 Å². The highest BCUT2D eigenvalue weighted by Crippen LogP contribution is 2.52. The Balaban J connectivity index is 1.06. The van der Waals surface area contributed by atoms with Gasteiger partial charge in [0.2, 0.25) is 11.8 Å². The monoisotopic (exact) mass is 988 g/mol.